The van der Waals surface area contributed by atoms with E-state index in [4.69, 9.17) is 29.3 Å². The number of hydrogen-bond donors (Lipinski definition) is 4. The molecule has 2 aromatic carbocycles. The standard InChI is InChI=1S/C25H29FN4O5.C2H2O4/c1-34-19-3-4-22-21(15-19)20(6-9-28-22)24(31)16-29-11-7-18(8-12-29)27-10-13-35-25-5-2-17(26)14-23(25)30(32)33;3-1(4)2(5)6/h2-6,9,14-15,18,24,27,31H,7-8,10-13,16H2,1H3;(H,3,4)(H,5,6)/t24-;/m0./s1. The van der Waals surface area contributed by atoms with Crippen molar-refractivity contribution in [1.29, 1.82) is 0 Å². The average molecular weight is 575 g/mol. The molecule has 0 radical (unpaired) electrons. The smallest absolute Gasteiger partial charge is 0.414 e. The summed E-state index contributed by atoms with van der Waals surface area (Å²) in [5.74, 6) is -3.53. The number of piperidine rings is 1. The fourth-order valence-corrected chi connectivity index (χ4v) is 4.41. The molecule has 220 valence electrons. The third-order valence-electron chi connectivity index (χ3n) is 6.45. The van der Waals surface area contributed by atoms with Crippen molar-refractivity contribution in [3.63, 3.8) is 0 Å². The van der Waals surface area contributed by atoms with Crippen LogP contribution < -0.4 is 14.8 Å². The number of pyridine rings is 1. The van der Waals surface area contributed by atoms with Crippen molar-refractivity contribution in [1.82, 2.24) is 15.2 Å². The van der Waals surface area contributed by atoms with Crippen LogP contribution in [0.15, 0.2) is 48.7 Å². The van der Waals surface area contributed by atoms with E-state index in [1.807, 2.05) is 24.3 Å². The van der Waals surface area contributed by atoms with Gasteiger partial charge in [-0.05, 0) is 67.9 Å². The first-order valence-electron chi connectivity index (χ1n) is 12.7. The predicted octanol–water partition coefficient (Wildman–Crippen LogP) is 2.61. The second-order valence-corrected chi connectivity index (χ2v) is 9.16. The van der Waals surface area contributed by atoms with Gasteiger partial charge in [0.25, 0.3) is 0 Å². The van der Waals surface area contributed by atoms with Gasteiger partial charge in [-0.15, -0.1) is 0 Å². The summed E-state index contributed by atoms with van der Waals surface area (Å²) in [4.78, 5) is 35.2. The Balaban J connectivity index is 0.000000696. The fraction of sp³-hybridized carbons (Fsp3) is 0.370. The molecule has 1 aromatic heterocycles. The first-order valence-corrected chi connectivity index (χ1v) is 12.7. The van der Waals surface area contributed by atoms with E-state index in [2.05, 4.69) is 15.2 Å². The zero-order valence-corrected chi connectivity index (χ0v) is 22.2. The number of nitro benzene ring substituents is 1. The Labute approximate surface area is 234 Å². The lowest BCUT2D eigenvalue weighted by Crippen LogP contribution is -2.44. The number of halogens is 1. The Morgan fingerprint density at radius 3 is 2.51 bits per heavy atom. The van der Waals surface area contributed by atoms with E-state index in [9.17, 15) is 19.6 Å². The monoisotopic (exact) mass is 574 g/mol. The number of benzene rings is 2. The summed E-state index contributed by atoms with van der Waals surface area (Å²) in [5, 5.41) is 41.1. The van der Waals surface area contributed by atoms with Crippen LogP contribution in [0.4, 0.5) is 10.1 Å². The minimum atomic E-state index is -1.82. The predicted molar refractivity (Wildman–Crippen MR) is 145 cm³/mol. The molecule has 0 spiro atoms. The van der Waals surface area contributed by atoms with E-state index >= 15 is 0 Å². The number of ether oxygens (including phenoxy) is 2. The van der Waals surface area contributed by atoms with E-state index in [1.165, 1.54) is 6.07 Å². The van der Waals surface area contributed by atoms with E-state index < -0.39 is 28.8 Å². The molecule has 4 N–H and O–H groups in total. The third-order valence-corrected chi connectivity index (χ3v) is 6.45. The van der Waals surface area contributed by atoms with Crippen LogP contribution >= 0.6 is 0 Å². The number of rotatable bonds is 10. The number of nitrogens with one attached hydrogen (secondary N) is 1. The number of carboxylic acids is 2. The maximum atomic E-state index is 13.2. The molecule has 0 bridgehead atoms. The minimum Gasteiger partial charge on any atom is -0.497 e. The molecular formula is C27H31FN4O9. The molecule has 1 fully saturated rings. The lowest BCUT2D eigenvalue weighted by atomic mass is 10.0. The lowest BCUT2D eigenvalue weighted by molar-refractivity contribution is -0.386. The van der Waals surface area contributed by atoms with Crippen molar-refractivity contribution in [2.24, 2.45) is 0 Å². The highest BCUT2D eigenvalue weighted by Gasteiger charge is 2.23. The second kappa shape index (κ2) is 14.8. The van der Waals surface area contributed by atoms with Gasteiger partial charge in [-0.1, -0.05) is 0 Å². The fourth-order valence-electron chi connectivity index (χ4n) is 4.41. The van der Waals surface area contributed by atoms with Gasteiger partial charge in [0.1, 0.15) is 18.2 Å². The highest BCUT2D eigenvalue weighted by Crippen LogP contribution is 2.28. The van der Waals surface area contributed by atoms with Gasteiger partial charge in [0.05, 0.1) is 29.7 Å². The molecule has 41 heavy (non-hydrogen) atoms. The van der Waals surface area contributed by atoms with Gasteiger partial charge in [-0.25, -0.2) is 14.0 Å². The molecule has 1 aliphatic rings. The van der Waals surface area contributed by atoms with E-state index in [1.54, 1.807) is 13.3 Å². The summed E-state index contributed by atoms with van der Waals surface area (Å²) < 4.78 is 24.1. The summed E-state index contributed by atoms with van der Waals surface area (Å²) in [6, 6.07) is 11.1. The van der Waals surface area contributed by atoms with Crippen LogP contribution in [-0.2, 0) is 9.59 Å². The quantitative estimate of drug-likeness (QED) is 0.120. The number of nitrogens with zero attached hydrogens (tertiary/aromatic N) is 3. The normalized spacial score (nSPS) is 14.5. The van der Waals surface area contributed by atoms with E-state index in [0.717, 1.165) is 60.3 Å². The molecule has 0 saturated carbocycles. The maximum Gasteiger partial charge on any atom is 0.414 e. The molecule has 4 rings (SSSR count). The van der Waals surface area contributed by atoms with Gasteiger partial charge in [0, 0.05) is 30.7 Å². The Morgan fingerprint density at radius 2 is 1.88 bits per heavy atom. The molecule has 0 aliphatic carbocycles. The van der Waals surface area contributed by atoms with Crippen LogP contribution in [0.25, 0.3) is 10.9 Å². The maximum absolute atomic E-state index is 13.2. The third kappa shape index (κ3) is 9.06. The van der Waals surface area contributed by atoms with E-state index in [-0.39, 0.29) is 18.0 Å². The van der Waals surface area contributed by atoms with Crippen molar-refractivity contribution >= 4 is 28.5 Å². The highest BCUT2D eigenvalue weighted by atomic mass is 19.1. The SMILES string of the molecule is COc1ccc2nccc([C@@H](O)CN3CCC(NCCOc4ccc(F)cc4[N+](=O)[O-])CC3)c2c1.O=C(O)C(=O)O. The molecule has 1 atom stereocenters. The molecule has 0 amide bonds. The van der Waals surface area contributed by atoms with Gasteiger partial charge < -0.3 is 35.0 Å². The van der Waals surface area contributed by atoms with Crippen molar-refractivity contribution in [3.05, 3.63) is 70.2 Å². The molecule has 1 saturated heterocycles. The molecule has 14 heteroatoms. The van der Waals surface area contributed by atoms with E-state index in [0.29, 0.717) is 19.1 Å². The Hall–Kier alpha value is -4.40. The number of fused-ring (bicyclic) bond motifs is 1. The number of aliphatic carboxylic acids is 2. The Morgan fingerprint density at radius 1 is 1.17 bits per heavy atom. The summed E-state index contributed by atoms with van der Waals surface area (Å²) in [6.45, 7) is 2.97. The summed E-state index contributed by atoms with van der Waals surface area (Å²) in [5.41, 5.74) is 1.27. The largest absolute Gasteiger partial charge is 0.497 e. The molecular weight excluding hydrogens is 543 g/mol. The second-order valence-electron chi connectivity index (χ2n) is 9.16. The van der Waals surface area contributed by atoms with Crippen LogP contribution in [0.5, 0.6) is 11.5 Å². The first-order chi connectivity index (χ1) is 19.6. The first kappa shape index (κ1) is 31.1. The molecule has 2 heterocycles. The molecule has 1 aliphatic heterocycles. The van der Waals surface area contributed by atoms with Crippen molar-refractivity contribution < 1.29 is 43.7 Å². The van der Waals surface area contributed by atoms with Gasteiger partial charge >= 0.3 is 17.6 Å². The van der Waals surface area contributed by atoms with Gasteiger partial charge in [-0.2, -0.15) is 0 Å². The van der Waals surface area contributed by atoms with Gasteiger partial charge in [0.15, 0.2) is 5.75 Å². The number of nitro groups is 1. The minimum absolute atomic E-state index is 0.0586. The number of β-amino-alcohol motifs (C(OH)–C–C–N with tert-alkyl or cyclic N) is 1. The highest BCUT2D eigenvalue weighted by molar-refractivity contribution is 6.27. The zero-order chi connectivity index (χ0) is 29.9. The molecule has 0 unspecified atom stereocenters. The van der Waals surface area contributed by atoms with Gasteiger partial charge in [-0.3, -0.25) is 15.1 Å². The lowest BCUT2D eigenvalue weighted by Gasteiger charge is -2.33. The number of hydrogen-bond acceptors (Lipinski definition) is 10. The van der Waals surface area contributed by atoms with Crippen LogP contribution in [0, 0.1) is 15.9 Å². The average Bonchev–Trinajstić information content (AvgIpc) is 2.96. The van der Waals surface area contributed by atoms with Crippen molar-refractivity contribution in [2.75, 3.05) is 39.9 Å². The molecule has 3 aromatic rings. The Bertz CT molecular complexity index is 1350. The van der Waals surface area contributed by atoms with Crippen LogP contribution in [-0.4, -0.2) is 88.0 Å². The number of carboxylic acid groups (broad SMARTS) is 2. The number of aliphatic hydroxyl groups is 1. The number of aromatic nitrogens is 1. The summed E-state index contributed by atoms with van der Waals surface area (Å²) in [6.07, 6.45) is 2.89. The van der Waals surface area contributed by atoms with Crippen molar-refractivity contribution in [2.45, 2.75) is 25.0 Å². The number of methoxy groups -OCH3 is 1. The van der Waals surface area contributed by atoms with Crippen LogP contribution in [0.3, 0.4) is 0 Å². The Kier molecular flexibility index (Phi) is 11.3. The van der Waals surface area contributed by atoms with Crippen LogP contribution in [0.1, 0.15) is 24.5 Å². The van der Waals surface area contributed by atoms with Gasteiger partial charge in [0.2, 0.25) is 0 Å². The number of likely N-dealkylation sites (tertiary alicyclic amines) is 1. The molecule has 13 nitrogen and oxygen atoms in total. The summed E-state index contributed by atoms with van der Waals surface area (Å²) >= 11 is 0. The van der Waals surface area contributed by atoms with Crippen molar-refractivity contribution in [3.8, 4) is 11.5 Å². The zero-order valence-electron chi connectivity index (χ0n) is 22.2. The summed E-state index contributed by atoms with van der Waals surface area (Å²) in [7, 11) is 1.62. The number of aliphatic hydroxyl groups excluding tert-OH is 1. The topological polar surface area (TPSA) is 185 Å². The van der Waals surface area contributed by atoms with Crippen LogP contribution in [0.2, 0.25) is 0 Å². The number of carbonyl (C=O) groups is 2.